The molecule has 0 bridgehead atoms. The van der Waals surface area contributed by atoms with Crippen molar-refractivity contribution in [2.45, 2.75) is 26.3 Å². The molecule has 3 heteroatoms. The summed E-state index contributed by atoms with van der Waals surface area (Å²) in [5.41, 5.74) is 9.58. The first kappa shape index (κ1) is 11.1. The summed E-state index contributed by atoms with van der Waals surface area (Å²) in [7, 11) is 0. The zero-order valence-corrected chi connectivity index (χ0v) is 9.60. The number of carboxylic acids is 1. The summed E-state index contributed by atoms with van der Waals surface area (Å²) in [6.07, 6.45) is 0.712. The molecule has 0 radical (unpaired) electrons. The molecule has 2 rings (SSSR count). The quantitative estimate of drug-likeness (QED) is 0.817. The van der Waals surface area contributed by atoms with E-state index in [1.54, 1.807) is 0 Å². The van der Waals surface area contributed by atoms with Crippen LogP contribution < -0.4 is 5.73 Å². The highest BCUT2D eigenvalue weighted by Crippen LogP contribution is 2.46. The van der Waals surface area contributed by atoms with Gasteiger partial charge >= 0.3 is 5.97 Å². The molecule has 16 heavy (non-hydrogen) atoms. The van der Waals surface area contributed by atoms with Crippen molar-refractivity contribution in [3.05, 3.63) is 34.9 Å². The molecule has 3 nitrogen and oxygen atoms in total. The molecule has 3 N–H and O–H groups in total. The summed E-state index contributed by atoms with van der Waals surface area (Å²) in [6, 6.07) is 5.98. The Balaban J connectivity index is 2.13. The number of aryl methyl sites for hydroxylation is 2. The van der Waals surface area contributed by atoms with Crippen LogP contribution in [-0.2, 0) is 4.79 Å². The van der Waals surface area contributed by atoms with E-state index in [9.17, 15) is 4.79 Å². The fourth-order valence-electron chi connectivity index (χ4n) is 2.11. The molecular weight excluding hydrogens is 202 g/mol. The molecule has 0 aromatic heterocycles. The van der Waals surface area contributed by atoms with Gasteiger partial charge < -0.3 is 10.8 Å². The Morgan fingerprint density at radius 3 is 2.62 bits per heavy atom. The third kappa shape index (κ3) is 1.95. The van der Waals surface area contributed by atoms with Gasteiger partial charge in [-0.25, -0.2) is 0 Å². The smallest absolute Gasteiger partial charge is 0.306 e. The summed E-state index contributed by atoms with van der Waals surface area (Å²) in [4.78, 5) is 10.8. The average Bonchev–Trinajstić information content (AvgIpc) is 3.01. The lowest BCUT2D eigenvalue weighted by Gasteiger charge is -2.13. The van der Waals surface area contributed by atoms with Crippen molar-refractivity contribution >= 4 is 5.97 Å². The molecule has 3 atom stereocenters. The van der Waals surface area contributed by atoms with Gasteiger partial charge in [0, 0.05) is 6.04 Å². The molecule has 3 unspecified atom stereocenters. The van der Waals surface area contributed by atoms with Crippen molar-refractivity contribution in [3.8, 4) is 0 Å². The monoisotopic (exact) mass is 219 g/mol. The second-order valence-corrected chi connectivity index (χ2v) is 4.71. The van der Waals surface area contributed by atoms with E-state index in [0.717, 1.165) is 5.56 Å². The molecule has 1 aliphatic rings. The van der Waals surface area contributed by atoms with E-state index in [1.807, 2.05) is 19.1 Å². The van der Waals surface area contributed by atoms with Crippen LogP contribution in [0.1, 0.15) is 29.2 Å². The van der Waals surface area contributed by atoms with Crippen molar-refractivity contribution in [2.75, 3.05) is 0 Å². The van der Waals surface area contributed by atoms with Crippen molar-refractivity contribution < 1.29 is 9.90 Å². The molecular formula is C13H17NO2. The lowest BCUT2D eigenvalue weighted by Crippen LogP contribution is -2.16. The number of carboxylic acid groups (broad SMARTS) is 1. The Bertz CT molecular complexity index is 428. The lowest BCUT2D eigenvalue weighted by molar-refractivity contribution is -0.138. The molecule has 0 heterocycles. The van der Waals surface area contributed by atoms with E-state index in [0.29, 0.717) is 6.42 Å². The van der Waals surface area contributed by atoms with Gasteiger partial charge in [-0.1, -0.05) is 18.2 Å². The molecule has 0 saturated heterocycles. The third-order valence-corrected chi connectivity index (χ3v) is 3.53. The number of nitrogens with two attached hydrogens (primary N) is 1. The predicted octanol–water partition coefficient (Wildman–Crippen LogP) is 2.02. The number of rotatable bonds is 3. The number of benzene rings is 1. The Morgan fingerprint density at radius 1 is 1.44 bits per heavy atom. The first-order valence-electron chi connectivity index (χ1n) is 5.56. The van der Waals surface area contributed by atoms with Crippen LogP contribution in [0.15, 0.2) is 18.2 Å². The normalized spacial score (nSPS) is 25.2. The number of hydrogen-bond acceptors (Lipinski definition) is 2. The van der Waals surface area contributed by atoms with Gasteiger partial charge in [-0.05, 0) is 42.9 Å². The van der Waals surface area contributed by atoms with Crippen molar-refractivity contribution in [3.63, 3.8) is 0 Å². The fraction of sp³-hybridized carbons (Fsp3) is 0.462. The Hall–Kier alpha value is -1.35. The van der Waals surface area contributed by atoms with Gasteiger partial charge in [-0.2, -0.15) is 0 Å². The first-order chi connectivity index (χ1) is 7.50. The van der Waals surface area contributed by atoms with Gasteiger partial charge in [0.05, 0.1) is 5.92 Å². The van der Waals surface area contributed by atoms with Crippen LogP contribution in [0.3, 0.4) is 0 Å². The molecule has 0 amide bonds. The van der Waals surface area contributed by atoms with E-state index < -0.39 is 5.97 Å². The van der Waals surface area contributed by atoms with Gasteiger partial charge in [-0.15, -0.1) is 0 Å². The Morgan fingerprint density at radius 2 is 2.12 bits per heavy atom. The van der Waals surface area contributed by atoms with Gasteiger partial charge in [0.1, 0.15) is 0 Å². The minimum Gasteiger partial charge on any atom is -0.481 e. The van der Waals surface area contributed by atoms with E-state index in [2.05, 4.69) is 13.0 Å². The van der Waals surface area contributed by atoms with E-state index in [4.69, 9.17) is 10.8 Å². The van der Waals surface area contributed by atoms with Crippen LogP contribution in [0, 0.1) is 25.7 Å². The van der Waals surface area contributed by atoms with Gasteiger partial charge in [0.25, 0.3) is 0 Å². The molecule has 1 aliphatic carbocycles. The van der Waals surface area contributed by atoms with E-state index in [-0.39, 0.29) is 17.9 Å². The topological polar surface area (TPSA) is 63.3 Å². The molecule has 0 spiro atoms. The highest BCUT2D eigenvalue weighted by molar-refractivity contribution is 5.73. The largest absolute Gasteiger partial charge is 0.481 e. The zero-order valence-electron chi connectivity index (χ0n) is 9.60. The second kappa shape index (κ2) is 3.91. The number of carbonyl (C=O) groups is 1. The summed E-state index contributed by atoms with van der Waals surface area (Å²) < 4.78 is 0. The maximum absolute atomic E-state index is 10.8. The molecule has 1 aromatic rings. The second-order valence-electron chi connectivity index (χ2n) is 4.71. The van der Waals surface area contributed by atoms with Crippen molar-refractivity contribution in [1.82, 2.24) is 0 Å². The van der Waals surface area contributed by atoms with Crippen LogP contribution in [0.4, 0.5) is 0 Å². The Kier molecular flexibility index (Phi) is 2.72. The summed E-state index contributed by atoms with van der Waals surface area (Å²) >= 11 is 0. The van der Waals surface area contributed by atoms with Crippen molar-refractivity contribution in [1.29, 1.82) is 0 Å². The summed E-state index contributed by atoms with van der Waals surface area (Å²) in [6.45, 7) is 4.11. The van der Waals surface area contributed by atoms with E-state index in [1.165, 1.54) is 11.1 Å². The minimum atomic E-state index is -0.718. The molecule has 1 fully saturated rings. The first-order valence-corrected chi connectivity index (χ1v) is 5.56. The Labute approximate surface area is 95.3 Å². The average molecular weight is 219 g/mol. The molecule has 1 saturated carbocycles. The number of aliphatic carboxylic acids is 1. The summed E-state index contributed by atoms with van der Waals surface area (Å²) in [5.74, 6) is -0.847. The van der Waals surface area contributed by atoms with Gasteiger partial charge in [0.2, 0.25) is 0 Å². The standard InChI is InChI=1S/C13H17NO2/c1-7-3-4-9(5-8(7)2)12(14)10-6-11(10)13(15)16/h3-5,10-12H,6,14H2,1-2H3,(H,15,16). The van der Waals surface area contributed by atoms with Crippen molar-refractivity contribution in [2.24, 2.45) is 17.6 Å². The fourth-order valence-corrected chi connectivity index (χ4v) is 2.11. The highest BCUT2D eigenvalue weighted by Gasteiger charge is 2.47. The van der Waals surface area contributed by atoms with Crippen LogP contribution in [0.25, 0.3) is 0 Å². The van der Waals surface area contributed by atoms with E-state index >= 15 is 0 Å². The SMILES string of the molecule is Cc1ccc(C(N)C2CC2C(=O)O)cc1C. The molecule has 0 aliphatic heterocycles. The number of hydrogen-bond donors (Lipinski definition) is 2. The van der Waals surface area contributed by atoms with Crippen LogP contribution in [-0.4, -0.2) is 11.1 Å². The highest BCUT2D eigenvalue weighted by atomic mass is 16.4. The maximum Gasteiger partial charge on any atom is 0.306 e. The van der Waals surface area contributed by atoms with Gasteiger partial charge in [0.15, 0.2) is 0 Å². The van der Waals surface area contributed by atoms with Crippen LogP contribution >= 0.6 is 0 Å². The van der Waals surface area contributed by atoms with Crippen LogP contribution in [0.5, 0.6) is 0 Å². The maximum atomic E-state index is 10.8. The summed E-state index contributed by atoms with van der Waals surface area (Å²) in [5, 5.41) is 8.86. The van der Waals surface area contributed by atoms with Gasteiger partial charge in [-0.3, -0.25) is 4.79 Å². The third-order valence-electron chi connectivity index (χ3n) is 3.53. The zero-order chi connectivity index (χ0) is 11.9. The molecule has 1 aromatic carbocycles. The van der Waals surface area contributed by atoms with Crippen LogP contribution in [0.2, 0.25) is 0 Å². The molecule has 86 valence electrons. The lowest BCUT2D eigenvalue weighted by atomic mass is 9.98. The predicted molar refractivity (Wildman–Crippen MR) is 62.1 cm³/mol. The minimum absolute atomic E-state index is 0.111.